The largest absolute Gasteiger partial charge is 0.543 e. The van der Waals surface area contributed by atoms with Crippen LogP contribution in [0.25, 0.3) is 0 Å². The maximum atomic E-state index is 13.7. The van der Waals surface area contributed by atoms with E-state index in [9.17, 15) is 48.9 Å². The number of urea groups is 1. The smallest absolute Gasteiger partial charge is 0.325 e. The van der Waals surface area contributed by atoms with Gasteiger partial charge in [0.25, 0.3) is 5.91 Å². The van der Waals surface area contributed by atoms with Crippen LogP contribution in [-0.4, -0.2) is 109 Å². The molecule has 1 aromatic rings. The molecule has 0 saturated carbocycles. The van der Waals surface area contributed by atoms with Crippen molar-refractivity contribution in [2.75, 3.05) is 31.3 Å². The lowest BCUT2D eigenvalue weighted by Gasteiger charge is -2.57. The molecule has 3 aliphatic rings. The minimum absolute atomic E-state index is 0.0191. The predicted molar refractivity (Wildman–Crippen MR) is 141 cm³/mol. The summed E-state index contributed by atoms with van der Waals surface area (Å²) >= 11 is 6.82. The predicted octanol–water partition coefficient (Wildman–Crippen LogP) is -2.74. The molecule has 42 heavy (non-hydrogen) atoms. The molecule has 224 valence electrons. The van der Waals surface area contributed by atoms with Crippen molar-refractivity contribution >= 4 is 65.4 Å². The summed E-state index contributed by atoms with van der Waals surface area (Å²) in [5.41, 5.74) is -2.62. The monoisotopic (exact) mass is 623 g/mol. The quantitative estimate of drug-likeness (QED) is 0.0473. The second-order valence-corrected chi connectivity index (χ2v) is 10.6. The van der Waals surface area contributed by atoms with Gasteiger partial charge in [0.2, 0.25) is 18.0 Å². The van der Waals surface area contributed by atoms with E-state index in [0.29, 0.717) is 4.90 Å². The lowest BCUT2D eigenvalue weighted by Crippen LogP contribution is -2.85. The van der Waals surface area contributed by atoms with Crippen LogP contribution in [0.3, 0.4) is 0 Å². The number of β-lactam (4-membered cyclic amide) rings is 1. The van der Waals surface area contributed by atoms with Crippen LogP contribution in [-0.2, 0) is 28.8 Å². The SMILES string of the molecule is CCN1CCN(C(=O)N[C@@H](C(=O)N[C@]2(NC=O)C(=O)N3C(C(=O)[O-])=C(CCl)CS[C@@H]32)c2ccc(O)c(O)c2)C(=O)C1=O. The van der Waals surface area contributed by atoms with Crippen LogP contribution in [0.5, 0.6) is 11.5 Å². The Balaban J connectivity index is 1.66. The number of carboxylic acids is 1. The summed E-state index contributed by atoms with van der Waals surface area (Å²) in [6.07, 6.45) is 0.118. The molecule has 5 N–H and O–H groups in total. The van der Waals surface area contributed by atoms with Crippen molar-refractivity contribution in [2.45, 2.75) is 24.0 Å². The Bertz CT molecular complexity index is 1420. The van der Waals surface area contributed by atoms with Crippen LogP contribution < -0.4 is 21.1 Å². The van der Waals surface area contributed by atoms with Crippen molar-refractivity contribution in [2.24, 2.45) is 0 Å². The highest BCUT2D eigenvalue weighted by Crippen LogP contribution is 2.45. The number of phenolic OH excluding ortho intramolecular Hbond substituents is 2. The molecular formula is C24H24ClN6O10S-. The number of nitrogens with zero attached hydrogens (tertiary/aromatic N) is 3. The number of carbonyl (C=O) groups is 7. The van der Waals surface area contributed by atoms with Crippen LogP contribution in [0.1, 0.15) is 18.5 Å². The summed E-state index contributed by atoms with van der Waals surface area (Å²) in [7, 11) is 0. The first-order chi connectivity index (χ1) is 19.9. The van der Waals surface area contributed by atoms with Gasteiger partial charge in [-0.25, -0.2) is 4.79 Å². The Morgan fingerprint density at radius 1 is 1.19 bits per heavy atom. The molecule has 16 nitrogen and oxygen atoms in total. The fourth-order valence-electron chi connectivity index (χ4n) is 4.75. The van der Waals surface area contributed by atoms with Gasteiger partial charge in [0.05, 0.1) is 11.7 Å². The molecule has 0 aliphatic carbocycles. The molecule has 3 aliphatic heterocycles. The van der Waals surface area contributed by atoms with Crippen LogP contribution in [0, 0.1) is 0 Å². The maximum Gasteiger partial charge on any atom is 0.325 e. The first kappa shape index (κ1) is 30.4. The summed E-state index contributed by atoms with van der Waals surface area (Å²) < 4.78 is 0. The van der Waals surface area contributed by atoms with E-state index in [4.69, 9.17) is 11.6 Å². The van der Waals surface area contributed by atoms with E-state index in [0.717, 1.165) is 34.9 Å². The molecule has 1 aromatic carbocycles. The second-order valence-electron chi connectivity index (χ2n) is 9.24. The van der Waals surface area contributed by atoms with Crippen molar-refractivity contribution in [1.29, 1.82) is 0 Å². The normalized spacial score (nSPS) is 22.7. The number of rotatable bonds is 9. The van der Waals surface area contributed by atoms with Crippen molar-refractivity contribution in [3.63, 3.8) is 0 Å². The fraction of sp³-hybridized carbons (Fsp3) is 0.375. The molecule has 0 aromatic heterocycles. The molecule has 0 radical (unpaired) electrons. The van der Waals surface area contributed by atoms with Crippen molar-refractivity contribution < 1.29 is 48.9 Å². The molecule has 2 saturated heterocycles. The second kappa shape index (κ2) is 11.8. The van der Waals surface area contributed by atoms with Gasteiger partial charge in [0.1, 0.15) is 11.4 Å². The number of thioether (sulfide) groups is 1. The van der Waals surface area contributed by atoms with Gasteiger partial charge in [0.15, 0.2) is 11.5 Å². The zero-order chi connectivity index (χ0) is 30.9. The first-order valence-electron chi connectivity index (χ1n) is 12.3. The minimum atomic E-state index is -2.18. The van der Waals surface area contributed by atoms with E-state index in [-0.39, 0.29) is 48.8 Å². The van der Waals surface area contributed by atoms with E-state index in [1.54, 1.807) is 6.92 Å². The van der Waals surface area contributed by atoms with Gasteiger partial charge in [-0.2, -0.15) is 0 Å². The van der Waals surface area contributed by atoms with Crippen molar-refractivity contribution in [1.82, 2.24) is 30.7 Å². The van der Waals surface area contributed by atoms with Gasteiger partial charge in [-0.3, -0.25) is 33.8 Å². The van der Waals surface area contributed by atoms with Gasteiger partial charge in [-0.15, -0.1) is 23.4 Å². The number of amides is 7. The Kier molecular flexibility index (Phi) is 8.53. The molecule has 2 fully saturated rings. The molecule has 0 unspecified atom stereocenters. The highest BCUT2D eigenvalue weighted by atomic mass is 35.5. The van der Waals surface area contributed by atoms with E-state index >= 15 is 0 Å². The fourth-order valence-corrected chi connectivity index (χ4v) is 6.51. The number of fused-ring (bicyclic) bond motifs is 1. The molecule has 4 rings (SSSR count). The Morgan fingerprint density at radius 3 is 2.50 bits per heavy atom. The zero-order valence-electron chi connectivity index (χ0n) is 21.8. The number of likely N-dealkylation sites (N-methyl/N-ethyl adjacent to an activating group) is 1. The van der Waals surface area contributed by atoms with Crippen LogP contribution in [0.4, 0.5) is 4.79 Å². The number of carbonyl (C=O) groups excluding carboxylic acids is 7. The van der Waals surface area contributed by atoms with Gasteiger partial charge in [-0.1, -0.05) is 6.07 Å². The van der Waals surface area contributed by atoms with E-state index in [2.05, 4.69) is 16.0 Å². The number of piperazine rings is 1. The number of benzene rings is 1. The average molecular weight is 624 g/mol. The van der Waals surface area contributed by atoms with E-state index in [1.807, 2.05) is 0 Å². The van der Waals surface area contributed by atoms with Crippen molar-refractivity contribution in [3.05, 3.63) is 35.0 Å². The third-order valence-electron chi connectivity index (χ3n) is 6.91. The van der Waals surface area contributed by atoms with Crippen molar-refractivity contribution in [3.8, 4) is 11.5 Å². The topological polar surface area (TPSA) is 229 Å². The Labute approximate surface area is 246 Å². The average Bonchev–Trinajstić information content (AvgIpc) is 2.97. The summed E-state index contributed by atoms with van der Waals surface area (Å²) in [6.45, 7) is 1.73. The number of nitrogens with one attached hydrogen (secondary N) is 3. The number of halogens is 1. The first-order valence-corrected chi connectivity index (χ1v) is 13.9. The summed E-state index contributed by atoms with van der Waals surface area (Å²) in [5.74, 6) is -7.38. The van der Waals surface area contributed by atoms with Gasteiger partial charge in [0, 0.05) is 31.3 Å². The molecule has 18 heteroatoms. The lowest BCUT2D eigenvalue weighted by molar-refractivity contribution is -0.302. The number of carboxylic acid groups (broad SMARTS) is 1. The number of hydrogen-bond donors (Lipinski definition) is 5. The van der Waals surface area contributed by atoms with Crippen LogP contribution in [0.2, 0.25) is 0 Å². The molecule has 7 amide bonds. The molecule has 0 spiro atoms. The zero-order valence-corrected chi connectivity index (χ0v) is 23.4. The number of alkyl halides is 1. The van der Waals surface area contributed by atoms with E-state index < -0.39 is 69.9 Å². The Morgan fingerprint density at radius 2 is 1.90 bits per heavy atom. The maximum absolute atomic E-state index is 13.7. The highest BCUT2D eigenvalue weighted by Gasteiger charge is 2.65. The summed E-state index contributed by atoms with van der Waals surface area (Å²) in [5, 5.41) is 37.3. The standard InChI is InChI=1S/C24H25ClN6O10S/c1-2-29-5-6-30(19(37)18(29)36)23(41)27-15(11-3-4-13(33)14(34)7-11)17(35)28-24(26-10-32)21(40)31-16(20(38)39)12(8-25)9-42-22(24)31/h3-4,7,10,15,22,33-34H,2,5-6,8-9H2,1H3,(H,26,32)(H,27,41)(H,28,35)(H,38,39)/p-1/t15-,22-,24-/m1/s1. The Hall–Kier alpha value is -4.51. The number of phenols is 2. The van der Waals surface area contributed by atoms with Gasteiger partial charge < -0.3 is 41.0 Å². The summed E-state index contributed by atoms with van der Waals surface area (Å²) in [6, 6.07) is 0.205. The highest BCUT2D eigenvalue weighted by molar-refractivity contribution is 8.00. The number of aliphatic carboxylic acids is 1. The van der Waals surface area contributed by atoms with Gasteiger partial charge in [-0.05, 0) is 30.2 Å². The van der Waals surface area contributed by atoms with Gasteiger partial charge >= 0.3 is 17.8 Å². The molecular weight excluding hydrogens is 600 g/mol. The van der Waals surface area contributed by atoms with E-state index in [1.165, 1.54) is 4.90 Å². The molecule has 3 heterocycles. The van der Waals surface area contributed by atoms with Crippen LogP contribution >= 0.6 is 23.4 Å². The molecule has 0 bridgehead atoms. The minimum Gasteiger partial charge on any atom is -0.543 e. The number of hydrogen-bond acceptors (Lipinski definition) is 11. The number of imide groups is 1. The van der Waals surface area contributed by atoms with Crippen LogP contribution in [0.15, 0.2) is 29.5 Å². The molecule has 3 atom stereocenters. The third kappa shape index (κ3) is 5.04. The lowest BCUT2D eigenvalue weighted by atomic mass is 9.94. The number of aromatic hydroxyl groups is 2. The summed E-state index contributed by atoms with van der Waals surface area (Å²) in [4.78, 5) is 91.0. The third-order valence-corrected chi connectivity index (χ3v) is 8.63.